The largest absolute Gasteiger partial charge is 0.381 e. The summed E-state index contributed by atoms with van der Waals surface area (Å²) in [6.07, 6.45) is 4.23. The maximum absolute atomic E-state index is 5.75. The van der Waals surface area contributed by atoms with Crippen molar-refractivity contribution in [2.24, 2.45) is 11.7 Å². The number of aromatic amines is 1. The van der Waals surface area contributed by atoms with Crippen molar-refractivity contribution in [1.82, 2.24) is 15.2 Å². The Kier molecular flexibility index (Phi) is 5.60. The number of aromatic nitrogens is 3. The van der Waals surface area contributed by atoms with Crippen LogP contribution in [0.1, 0.15) is 32.0 Å². The fourth-order valence-corrected chi connectivity index (χ4v) is 2.39. The molecule has 0 saturated carbocycles. The fraction of sp³-hybridized carbons (Fsp3) is 0.846. The van der Waals surface area contributed by atoms with Crippen molar-refractivity contribution >= 4 is 5.95 Å². The molecule has 0 aromatic carbocycles. The van der Waals surface area contributed by atoms with Gasteiger partial charge in [0.05, 0.1) is 6.61 Å². The quantitative estimate of drug-likeness (QED) is 0.719. The van der Waals surface area contributed by atoms with E-state index in [2.05, 4.69) is 27.0 Å². The molecule has 0 amide bonds. The lowest BCUT2D eigenvalue weighted by atomic mass is 9.99. The molecule has 1 aliphatic rings. The fourth-order valence-electron chi connectivity index (χ4n) is 2.39. The van der Waals surface area contributed by atoms with Crippen LogP contribution in [-0.2, 0) is 11.2 Å². The van der Waals surface area contributed by atoms with Crippen LogP contribution in [0.3, 0.4) is 0 Å². The summed E-state index contributed by atoms with van der Waals surface area (Å²) >= 11 is 0. The van der Waals surface area contributed by atoms with E-state index < -0.39 is 0 Å². The van der Waals surface area contributed by atoms with E-state index in [0.29, 0.717) is 12.5 Å². The second-order valence-electron chi connectivity index (χ2n) is 5.13. The van der Waals surface area contributed by atoms with Gasteiger partial charge in [0.25, 0.3) is 0 Å². The van der Waals surface area contributed by atoms with E-state index in [9.17, 15) is 0 Å². The van der Waals surface area contributed by atoms with Crippen molar-refractivity contribution in [2.45, 2.75) is 32.6 Å². The normalized spacial score (nSPS) is 19.9. The van der Waals surface area contributed by atoms with E-state index in [4.69, 9.17) is 10.5 Å². The van der Waals surface area contributed by atoms with Crippen molar-refractivity contribution in [3.05, 3.63) is 5.82 Å². The van der Waals surface area contributed by atoms with Crippen molar-refractivity contribution in [2.75, 3.05) is 37.7 Å². The van der Waals surface area contributed by atoms with Crippen molar-refractivity contribution in [3.8, 4) is 0 Å². The van der Waals surface area contributed by atoms with Gasteiger partial charge in [-0.15, -0.1) is 5.10 Å². The highest BCUT2D eigenvalue weighted by atomic mass is 16.5. The summed E-state index contributed by atoms with van der Waals surface area (Å²) in [6, 6.07) is 0. The predicted molar refractivity (Wildman–Crippen MR) is 75.2 cm³/mol. The summed E-state index contributed by atoms with van der Waals surface area (Å²) in [5, 5.41) is 7.30. The molecule has 2 rings (SSSR count). The summed E-state index contributed by atoms with van der Waals surface area (Å²) < 4.78 is 5.46. The third kappa shape index (κ3) is 4.18. The summed E-state index contributed by atoms with van der Waals surface area (Å²) in [4.78, 5) is 6.77. The van der Waals surface area contributed by atoms with Crippen LogP contribution in [0.25, 0.3) is 0 Å². The molecular formula is C13H25N5O. The van der Waals surface area contributed by atoms with E-state index in [0.717, 1.165) is 50.9 Å². The Balaban J connectivity index is 1.82. The van der Waals surface area contributed by atoms with Gasteiger partial charge < -0.3 is 15.4 Å². The number of hydrogen-bond donors (Lipinski definition) is 2. The van der Waals surface area contributed by atoms with Crippen molar-refractivity contribution in [3.63, 3.8) is 0 Å². The van der Waals surface area contributed by atoms with E-state index in [1.54, 1.807) is 0 Å². The van der Waals surface area contributed by atoms with Gasteiger partial charge >= 0.3 is 0 Å². The monoisotopic (exact) mass is 267 g/mol. The average molecular weight is 267 g/mol. The molecule has 6 heteroatoms. The highest BCUT2D eigenvalue weighted by molar-refractivity contribution is 5.29. The second-order valence-corrected chi connectivity index (χ2v) is 5.13. The van der Waals surface area contributed by atoms with Gasteiger partial charge in [-0.25, -0.2) is 0 Å². The molecule has 108 valence electrons. The predicted octanol–water partition coefficient (Wildman–Crippen LogP) is 0.949. The molecule has 1 aliphatic heterocycles. The maximum atomic E-state index is 5.75. The molecule has 1 aromatic rings. The Hall–Kier alpha value is -1.14. The number of nitrogens with zero attached hydrogens (tertiary/aromatic N) is 3. The number of rotatable bonds is 7. The lowest BCUT2D eigenvalue weighted by Crippen LogP contribution is -2.39. The topological polar surface area (TPSA) is 80.1 Å². The SMILES string of the molecule is CCCOCCc1nc(N2CCCC(CN)C2)n[nH]1. The Bertz CT molecular complexity index is 368. The second kappa shape index (κ2) is 7.45. The number of ether oxygens (including phenoxy) is 1. The summed E-state index contributed by atoms with van der Waals surface area (Å²) in [5.41, 5.74) is 5.75. The van der Waals surface area contributed by atoms with Crippen LogP contribution in [0.4, 0.5) is 5.95 Å². The molecular weight excluding hydrogens is 242 g/mol. The van der Waals surface area contributed by atoms with Crippen LogP contribution in [0.2, 0.25) is 0 Å². The molecule has 0 spiro atoms. The Labute approximate surface area is 114 Å². The number of nitrogens with one attached hydrogen (secondary N) is 1. The molecule has 1 unspecified atom stereocenters. The van der Waals surface area contributed by atoms with Crippen LogP contribution in [0, 0.1) is 5.92 Å². The van der Waals surface area contributed by atoms with Crippen LogP contribution >= 0.6 is 0 Å². The molecule has 2 heterocycles. The minimum absolute atomic E-state index is 0.573. The Morgan fingerprint density at radius 2 is 2.37 bits per heavy atom. The van der Waals surface area contributed by atoms with E-state index in [-0.39, 0.29) is 0 Å². The zero-order valence-electron chi connectivity index (χ0n) is 11.8. The number of anilines is 1. The third-order valence-electron chi connectivity index (χ3n) is 3.49. The first-order valence-corrected chi connectivity index (χ1v) is 7.27. The molecule has 1 aromatic heterocycles. The molecule has 0 radical (unpaired) electrons. The van der Waals surface area contributed by atoms with Crippen molar-refractivity contribution < 1.29 is 4.74 Å². The van der Waals surface area contributed by atoms with Gasteiger partial charge in [0.1, 0.15) is 5.82 Å². The average Bonchev–Trinajstić information content (AvgIpc) is 2.92. The van der Waals surface area contributed by atoms with Crippen LogP contribution in [0.5, 0.6) is 0 Å². The van der Waals surface area contributed by atoms with Crippen LogP contribution in [0.15, 0.2) is 0 Å². The lowest BCUT2D eigenvalue weighted by molar-refractivity contribution is 0.136. The smallest absolute Gasteiger partial charge is 0.244 e. The van der Waals surface area contributed by atoms with E-state index >= 15 is 0 Å². The molecule has 19 heavy (non-hydrogen) atoms. The minimum atomic E-state index is 0.573. The maximum Gasteiger partial charge on any atom is 0.244 e. The summed E-state index contributed by atoms with van der Waals surface area (Å²) in [7, 11) is 0. The van der Waals surface area contributed by atoms with Gasteiger partial charge in [-0.3, -0.25) is 5.10 Å². The van der Waals surface area contributed by atoms with Gasteiger partial charge in [-0.1, -0.05) is 6.92 Å². The summed E-state index contributed by atoms with van der Waals surface area (Å²) in [6.45, 7) is 6.37. The molecule has 3 N–H and O–H groups in total. The highest BCUT2D eigenvalue weighted by Crippen LogP contribution is 2.19. The molecule has 6 nitrogen and oxygen atoms in total. The molecule has 1 atom stereocenters. The van der Waals surface area contributed by atoms with E-state index in [1.807, 2.05) is 0 Å². The Morgan fingerprint density at radius 1 is 1.47 bits per heavy atom. The number of H-pyrrole nitrogens is 1. The first-order valence-electron chi connectivity index (χ1n) is 7.27. The lowest BCUT2D eigenvalue weighted by Gasteiger charge is -2.31. The standard InChI is InChI=1S/C13H25N5O/c1-2-7-19-8-5-12-15-13(17-16-12)18-6-3-4-11(9-14)10-18/h11H,2-10,14H2,1H3,(H,15,16,17). The first-order chi connectivity index (χ1) is 9.33. The Morgan fingerprint density at radius 3 is 3.16 bits per heavy atom. The van der Waals surface area contributed by atoms with Gasteiger partial charge in [-0.05, 0) is 31.7 Å². The minimum Gasteiger partial charge on any atom is -0.381 e. The van der Waals surface area contributed by atoms with Crippen LogP contribution < -0.4 is 10.6 Å². The highest BCUT2D eigenvalue weighted by Gasteiger charge is 2.21. The first kappa shape index (κ1) is 14.3. The number of hydrogen-bond acceptors (Lipinski definition) is 5. The van der Waals surface area contributed by atoms with Crippen molar-refractivity contribution in [1.29, 1.82) is 0 Å². The van der Waals surface area contributed by atoms with Gasteiger partial charge in [-0.2, -0.15) is 4.98 Å². The molecule has 0 aliphatic carbocycles. The van der Waals surface area contributed by atoms with Gasteiger partial charge in [0.2, 0.25) is 5.95 Å². The molecule has 1 fully saturated rings. The molecule has 0 bridgehead atoms. The third-order valence-corrected chi connectivity index (χ3v) is 3.49. The number of nitrogens with two attached hydrogens (primary N) is 1. The number of piperidine rings is 1. The molecule has 1 saturated heterocycles. The van der Waals surface area contributed by atoms with Gasteiger partial charge in [0, 0.05) is 26.1 Å². The summed E-state index contributed by atoms with van der Waals surface area (Å²) in [5.74, 6) is 2.29. The zero-order valence-corrected chi connectivity index (χ0v) is 11.8. The van der Waals surface area contributed by atoms with Gasteiger partial charge in [0.15, 0.2) is 0 Å². The van der Waals surface area contributed by atoms with E-state index in [1.165, 1.54) is 12.8 Å². The van der Waals surface area contributed by atoms with Crippen LogP contribution in [-0.4, -0.2) is 48.0 Å². The zero-order chi connectivity index (χ0) is 13.5.